The first-order valence-electron chi connectivity index (χ1n) is 4.58. The van der Waals surface area contributed by atoms with Gasteiger partial charge in [0.2, 0.25) is 0 Å². The van der Waals surface area contributed by atoms with Gasteiger partial charge in [-0.05, 0) is 13.0 Å². The molecule has 0 amide bonds. The highest BCUT2D eigenvalue weighted by Crippen LogP contribution is 2.23. The molecule has 3 atom stereocenters. The minimum Gasteiger partial charge on any atom is -0.495 e. The molecule has 0 aromatic rings. The largest absolute Gasteiger partial charge is 0.495 e. The Kier molecular flexibility index (Phi) is 3.68. The molecule has 1 aliphatic rings. The quantitative estimate of drug-likeness (QED) is 0.502. The van der Waals surface area contributed by atoms with Gasteiger partial charge in [0.1, 0.15) is 18.5 Å². The molecule has 1 aliphatic heterocycles. The first-order valence-corrected chi connectivity index (χ1v) is 4.58. The number of carbonyl (C=O) groups is 2. The summed E-state index contributed by atoms with van der Waals surface area (Å²) in [6.07, 6.45) is 3.92. The lowest BCUT2D eigenvalue weighted by molar-refractivity contribution is -0.157. The molecular weight excluding hydrogens is 184 g/mol. The number of hydrogen-bond donors (Lipinski definition) is 0. The van der Waals surface area contributed by atoms with E-state index in [1.807, 2.05) is 6.92 Å². The predicted octanol–water partition coefficient (Wildman–Crippen LogP) is 1.06. The third kappa shape index (κ3) is 2.58. The van der Waals surface area contributed by atoms with Gasteiger partial charge in [-0.15, -0.1) is 0 Å². The molecule has 0 unspecified atom stereocenters. The SMILES string of the molecule is CC(=O)O[C@H]1[C@H](C)OC=C[C@H]1CC=O. The Morgan fingerprint density at radius 1 is 1.64 bits per heavy atom. The van der Waals surface area contributed by atoms with Gasteiger partial charge >= 0.3 is 5.97 Å². The molecule has 1 rings (SSSR count). The second-order valence-electron chi connectivity index (χ2n) is 3.31. The highest BCUT2D eigenvalue weighted by molar-refractivity contribution is 5.66. The van der Waals surface area contributed by atoms with Crippen molar-refractivity contribution in [3.8, 4) is 0 Å². The summed E-state index contributed by atoms with van der Waals surface area (Å²) in [7, 11) is 0. The topological polar surface area (TPSA) is 52.6 Å². The van der Waals surface area contributed by atoms with Gasteiger partial charge in [-0.2, -0.15) is 0 Å². The van der Waals surface area contributed by atoms with E-state index in [1.54, 1.807) is 12.3 Å². The molecule has 14 heavy (non-hydrogen) atoms. The molecule has 4 heteroatoms. The summed E-state index contributed by atoms with van der Waals surface area (Å²) in [4.78, 5) is 21.2. The summed E-state index contributed by atoms with van der Waals surface area (Å²) in [6, 6.07) is 0. The molecule has 0 aromatic carbocycles. The van der Waals surface area contributed by atoms with Crippen LogP contribution >= 0.6 is 0 Å². The minimum atomic E-state index is -0.359. The van der Waals surface area contributed by atoms with E-state index in [1.165, 1.54) is 6.92 Å². The highest BCUT2D eigenvalue weighted by Gasteiger charge is 2.31. The molecule has 0 saturated heterocycles. The van der Waals surface area contributed by atoms with Gasteiger partial charge in [0.15, 0.2) is 0 Å². The maximum Gasteiger partial charge on any atom is 0.303 e. The van der Waals surface area contributed by atoms with Gasteiger partial charge in [-0.25, -0.2) is 0 Å². The number of carbonyl (C=O) groups excluding carboxylic acids is 2. The average Bonchev–Trinajstić information content (AvgIpc) is 2.11. The van der Waals surface area contributed by atoms with Gasteiger partial charge in [-0.1, -0.05) is 0 Å². The minimum absolute atomic E-state index is 0.0693. The van der Waals surface area contributed by atoms with E-state index >= 15 is 0 Å². The molecule has 0 aromatic heterocycles. The Balaban J connectivity index is 2.68. The monoisotopic (exact) mass is 198 g/mol. The second kappa shape index (κ2) is 4.79. The van der Waals surface area contributed by atoms with Gasteiger partial charge < -0.3 is 14.3 Å². The van der Waals surface area contributed by atoms with E-state index < -0.39 is 0 Å². The van der Waals surface area contributed by atoms with Crippen LogP contribution in [0.2, 0.25) is 0 Å². The summed E-state index contributed by atoms with van der Waals surface area (Å²) in [6.45, 7) is 3.16. The van der Waals surface area contributed by atoms with Crippen molar-refractivity contribution in [1.29, 1.82) is 0 Å². The zero-order valence-corrected chi connectivity index (χ0v) is 8.30. The summed E-state index contributed by atoms with van der Waals surface area (Å²) >= 11 is 0. The molecule has 0 bridgehead atoms. The van der Waals surface area contributed by atoms with Crippen LogP contribution in [0.5, 0.6) is 0 Å². The van der Waals surface area contributed by atoms with Gasteiger partial charge in [0, 0.05) is 19.3 Å². The number of aldehydes is 1. The lowest BCUT2D eigenvalue weighted by Crippen LogP contribution is -2.38. The van der Waals surface area contributed by atoms with E-state index in [4.69, 9.17) is 9.47 Å². The van der Waals surface area contributed by atoms with E-state index in [2.05, 4.69) is 0 Å². The number of ether oxygens (including phenoxy) is 2. The molecule has 1 heterocycles. The van der Waals surface area contributed by atoms with Crippen LogP contribution in [0.15, 0.2) is 12.3 Å². The molecule has 4 nitrogen and oxygen atoms in total. The zero-order chi connectivity index (χ0) is 10.6. The van der Waals surface area contributed by atoms with Crippen LogP contribution in [0.3, 0.4) is 0 Å². The molecule has 0 spiro atoms. The number of hydrogen-bond acceptors (Lipinski definition) is 4. The molecule has 0 radical (unpaired) electrons. The molecule has 0 fully saturated rings. The van der Waals surface area contributed by atoms with Crippen LogP contribution in [-0.2, 0) is 19.1 Å². The number of esters is 1. The fourth-order valence-electron chi connectivity index (χ4n) is 1.50. The maximum absolute atomic E-state index is 10.8. The fraction of sp³-hybridized carbons (Fsp3) is 0.600. The Morgan fingerprint density at radius 2 is 2.36 bits per heavy atom. The third-order valence-corrected chi connectivity index (χ3v) is 2.17. The average molecular weight is 198 g/mol. The molecular formula is C10H14O4. The molecule has 0 aliphatic carbocycles. The van der Waals surface area contributed by atoms with Crippen LogP contribution < -0.4 is 0 Å². The predicted molar refractivity (Wildman–Crippen MR) is 49.4 cm³/mol. The Bertz CT molecular complexity index is 247. The van der Waals surface area contributed by atoms with Crippen LogP contribution in [-0.4, -0.2) is 24.5 Å². The Morgan fingerprint density at radius 3 is 2.93 bits per heavy atom. The Hall–Kier alpha value is -1.32. The van der Waals surface area contributed by atoms with Gasteiger partial charge in [-0.3, -0.25) is 4.79 Å². The van der Waals surface area contributed by atoms with Crippen molar-refractivity contribution < 1.29 is 19.1 Å². The maximum atomic E-state index is 10.8. The first-order chi connectivity index (χ1) is 6.65. The van der Waals surface area contributed by atoms with Crippen molar-refractivity contribution in [2.75, 3.05) is 0 Å². The van der Waals surface area contributed by atoms with Crippen molar-refractivity contribution in [2.45, 2.75) is 32.5 Å². The van der Waals surface area contributed by atoms with Gasteiger partial charge in [0.25, 0.3) is 0 Å². The van der Waals surface area contributed by atoms with Gasteiger partial charge in [0.05, 0.1) is 6.26 Å². The van der Waals surface area contributed by atoms with Crippen LogP contribution in [0.4, 0.5) is 0 Å². The van der Waals surface area contributed by atoms with E-state index in [0.717, 1.165) is 6.29 Å². The summed E-state index contributed by atoms with van der Waals surface area (Å²) in [5, 5.41) is 0. The second-order valence-corrected chi connectivity index (χ2v) is 3.31. The van der Waals surface area contributed by atoms with Crippen LogP contribution in [0.1, 0.15) is 20.3 Å². The zero-order valence-electron chi connectivity index (χ0n) is 8.30. The molecule has 0 N–H and O–H groups in total. The third-order valence-electron chi connectivity index (χ3n) is 2.17. The van der Waals surface area contributed by atoms with Crippen LogP contribution in [0, 0.1) is 5.92 Å². The van der Waals surface area contributed by atoms with E-state index in [9.17, 15) is 9.59 Å². The van der Waals surface area contributed by atoms with Crippen molar-refractivity contribution in [2.24, 2.45) is 5.92 Å². The van der Waals surface area contributed by atoms with Crippen molar-refractivity contribution in [1.82, 2.24) is 0 Å². The highest BCUT2D eigenvalue weighted by atomic mass is 16.6. The molecule has 78 valence electrons. The number of rotatable bonds is 3. The van der Waals surface area contributed by atoms with Crippen LogP contribution in [0.25, 0.3) is 0 Å². The lowest BCUT2D eigenvalue weighted by Gasteiger charge is -2.31. The van der Waals surface area contributed by atoms with E-state index in [-0.39, 0.29) is 24.1 Å². The molecule has 0 saturated carbocycles. The summed E-state index contributed by atoms with van der Waals surface area (Å²) < 4.78 is 10.3. The summed E-state index contributed by atoms with van der Waals surface area (Å²) in [5.74, 6) is -0.420. The fourth-order valence-corrected chi connectivity index (χ4v) is 1.50. The van der Waals surface area contributed by atoms with Crippen molar-refractivity contribution in [3.05, 3.63) is 12.3 Å². The first kappa shape index (κ1) is 10.8. The smallest absolute Gasteiger partial charge is 0.303 e. The normalized spacial score (nSPS) is 30.6. The van der Waals surface area contributed by atoms with Crippen molar-refractivity contribution >= 4 is 12.3 Å². The van der Waals surface area contributed by atoms with E-state index in [0.29, 0.717) is 6.42 Å². The van der Waals surface area contributed by atoms with Crippen molar-refractivity contribution in [3.63, 3.8) is 0 Å². The standard InChI is InChI=1S/C10H14O4/c1-7-10(14-8(2)12)9(3-5-11)4-6-13-7/h4-7,9-10H,3H2,1-2H3/t7-,9+,10-/m0/s1. The lowest BCUT2D eigenvalue weighted by atomic mass is 9.94. The Labute approximate surface area is 82.9 Å². The summed E-state index contributed by atoms with van der Waals surface area (Å²) in [5.41, 5.74) is 0.